The molecule has 0 saturated carbocycles. The van der Waals surface area contributed by atoms with Gasteiger partial charge in [0.2, 0.25) is 5.78 Å². The van der Waals surface area contributed by atoms with Gasteiger partial charge in [-0.25, -0.2) is 9.78 Å². The molecule has 6 heteroatoms. The van der Waals surface area contributed by atoms with E-state index in [1.807, 2.05) is 0 Å². The number of carbonyl (C=O) groups is 2. The summed E-state index contributed by atoms with van der Waals surface area (Å²) in [5.74, 6) is -1.26. The Hall–Kier alpha value is -2.17. The van der Waals surface area contributed by atoms with Gasteiger partial charge in [0.15, 0.2) is 0 Å². The number of aromatic nitrogens is 1. The smallest absolute Gasteiger partial charge is 0.342 e. The van der Waals surface area contributed by atoms with Crippen LogP contribution in [0, 0.1) is 0 Å². The van der Waals surface area contributed by atoms with Crippen LogP contribution in [0.3, 0.4) is 0 Å². The first-order chi connectivity index (χ1) is 11.0. The highest BCUT2D eigenvalue weighted by Gasteiger charge is 2.23. The largest absolute Gasteiger partial charge is 0.462 e. The van der Waals surface area contributed by atoms with Gasteiger partial charge in [0.25, 0.3) is 0 Å². The minimum absolute atomic E-state index is 0.0313. The van der Waals surface area contributed by atoms with E-state index in [9.17, 15) is 9.59 Å². The summed E-state index contributed by atoms with van der Waals surface area (Å²) in [5, 5.41) is 0.588. The van der Waals surface area contributed by atoms with Gasteiger partial charge in [-0.2, -0.15) is 0 Å². The lowest BCUT2D eigenvalue weighted by Crippen LogP contribution is -2.16. The molecule has 1 aromatic heterocycles. The number of hydrogen-bond donors (Lipinski definition) is 0. The number of benzene rings is 1. The summed E-state index contributed by atoms with van der Waals surface area (Å²) in [5.41, 5.74) is 0.664. The Labute approximate surface area is 143 Å². The van der Waals surface area contributed by atoms with Gasteiger partial charge in [-0.15, -0.1) is 0 Å². The number of Topliss-reactive ketones (excluding diaryl/α,β-unsaturated/α-hetero) is 1. The summed E-state index contributed by atoms with van der Waals surface area (Å²) in [6.45, 7) is 1.82. The van der Waals surface area contributed by atoms with E-state index in [-0.39, 0.29) is 22.9 Å². The SMILES string of the molecule is CCOC(=O)/C(=C/c1ccc(Cl)cc1)C(=O)c1cccnc1Cl. The number of pyridine rings is 1. The summed E-state index contributed by atoms with van der Waals surface area (Å²) in [7, 11) is 0. The van der Waals surface area contributed by atoms with Crippen LogP contribution in [0.1, 0.15) is 22.8 Å². The first-order valence-electron chi connectivity index (χ1n) is 6.82. The molecule has 23 heavy (non-hydrogen) atoms. The lowest BCUT2D eigenvalue weighted by Gasteiger charge is -2.07. The molecule has 0 bridgehead atoms. The maximum Gasteiger partial charge on any atom is 0.342 e. The highest BCUT2D eigenvalue weighted by molar-refractivity contribution is 6.36. The molecule has 2 rings (SSSR count). The summed E-state index contributed by atoms with van der Waals surface area (Å²) in [6.07, 6.45) is 2.91. The molecule has 0 radical (unpaired) electrons. The first kappa shape index (κ1) is 17.2. The van der Waals surface area contributed by atoms with E-state index in [1.165, 1.54) is 18.3 Å². The lowest BCUT2D eigenvalue weighted by atomic mass is 10.0. The van der Waals surface area contributed by atoms with Gasteiger partial charge < -0.3 is 4.74 Å². The second kappa shape index (κ2) is 7.90. The Bertz CT molecular complexity index is 755. The third-order valence-corrected chi connectivity index (χ3v) is 3.48. The third kappa shape index (κ3) is 4.41. The van der Waals surface area contributed by atoms with Crippen LogP contribution >= 0.6 is 23.2 Å². The molecule has 2 aromatic rings. The Morgan fingerprint density at radius 3 is 2.48 bits per heavy atom. The van der Waals surface area contributed by atoms with Crippen molar-refractivity contribution in [1.29, 1.82) is 0 Å². The Balaban J connectivity index is 2.46. The molecule has 0 spiro atoms. The van der Waals surface area contributed by atoms with Gasteiger partial charge in [0.1, 0.15) is 10.7 Å². The normalized spacial score (nSPS) is 11.2. The molecule has 0 aliphatic carbocycles. The molecule has 0 N–H and O–H groups in total. The molecule has 4 nitrogen and oxygen atoms in total. The van der Waals surface area contributed by atoms with Gasteiger partial charge in [0.05, 0.1) is 12.2 Å². The quantitative estimate of drug-likeness (QED) is 0.202. The monoisotopic (exact) mass is 349 g/mol. The zero-order chi connectivity index (χ0) is 16.8. The molecule has 0 aliphatic heterocycles. The van der Waals surface area contributed by atoms with Crippen molar-refractivity contribution in [2.75, 3.05) is 6.61 Å². The van der Waals surface area contributed by atoms with Crippen molar-refractivity contribution in [3.05, 3.63) is 69.5 Å². The standard InChI is InChI=1S/C17H13Cl2NO3/c1-2-23-17(22)14(10-11-5-7-12(18)8-6-11)15(21)13-4-3-9-20-16(13)19/h3-10H,2H2,1H3/b14-10+. The maximum absolute atomic E-state index is 12.6. The van der Waals surface area contributed by atoms with Crippen molar-refractivity contribution in [3.63, 3.8) is 0 Å². The predicted octanol–water partition coefficient (Wildman–Crippen LogP) is 4.22. The molecule has 1 heterocycles. The van der Waals surface area contributed by atoms with Crippen molar-refractivity contribution in [2.45, 2.75) is 6.92 Å². The fourth-order valence-corrected chi connectivity index (χ4v) is 2.18. The average Bonchev–Trinajstić information content (AvgIpc) is 2.54. The van der Waals surface area contributed by atoms with Crippen LogP contribution < -0.4 is 0 Å². The molecule has 0 saturated heterocycles. The zero-order valence-electron chi connectivity index (χ0n) is 12.3. The third-order valence-electron chi connectivity index (χ3n) is 2.92. The number of carbonyl (C=O) groups excluding carboxylic acids is 2. The average molecular weight is 350 g/mol. The van der Waals surface area contributed by atoms with Crippen molar-refractivity contribution in [3.8, 4) is 0 Å². The van der Waals surface area contributed by atoms with Crippen molar-refractivity contribution in [1.82, 2.24) is 4.98 Å². The van der Waals surface area contributed by atoms with E-state index in [2.05, 4.69) is 4.98 Å². The molecule has 0 atom stereocenters. The van der Waals surface area contributed by atoms with Crippen LogP contribution in [-0.2, 0) is 9.53 Å². The number of esters is 1. The molecule has 0 unspecified atom stereocenters. The second-order valence-electron chi connectivity index (χ2n) is 4.50. The van der Waals surface area contributed by atoms with Crippen LogP contribution in [0.2, 0.25) is 10.2 Å². The predicted molar refractivity (Wildman–Crippen MR) is 89.6 cm³/mol. The fraction of sp³-hybridized carbons (Fsp3) is 0.118. The van der Waals surface area contributed by atoms with Crippen LogP contribution in [-0.4, -0.2) is 23.3 Å². The van der Waals surface area contributed by atoms with Gasteiger partial charge in [-0.05, 0) is 42.8 Å². The molecular formula is C17H13Cl2NO3. The van der Waals surface area contributed by atoms with Gasteiger partial charge in [-0.3, -0.25) is 4.79 Å². The number of halogens is 2. The van der Waals surface area contributed by atoms with Gasteiger partial charge in [0, 0.05) is 11.2 Å². The summed E-state index contributed by atoms with van der Waals surface area (Å²) in [6, 6.07) is 9.80. The lowest BCUT2D eigenvalue weighted by molar-refractivity contribution is -0.137. The Kier molecular flexibility index (Phi) is 5.90. The summed E-state index contributed by atoms with van der Waals surface area (Å²) in [4.78, 5) is 28.6. The molecule has 1 aromatic carbocycles. The number of nitrogens with zero attached hydrogens (tertiary/aromatic N) is 1. The van der Waals surface area contributed by atoms with Gasteiger partial charge >= 0.3 is 5.97 Å². The number of hydrogen-bond acceptors (Lipinski definition) is 4. The summed E-state index contributed by atoms with van der Waals surface area (Å²) >= 11 is 11.8. The second-order valence-corrected chi connectivity index (χ2v) is 5.30. The minimum Gasteiger partial charge on any atom is -0.462 e. The topological polar surface area (TPSA) is 56.3 Å². The van der Waals surface area contributed by atoms with E-state index in [0.717, 1.165) is 0 Å². The minimum atomic E-state index is -0.715. The molecule has 0 aliphatic rings. The maximum atomic E-state index is 12.6. The van der Waals surface area contributed by atoms with Crippen molar-refractivity contribution < 1.29 is 14.3 Å². The van der Waals surface area contributed by atoms with Crippen LogP contribution in [0.4, 0.5) is 0 Å². The molecule has 118 valence electrons. The summed E-state index contributed by atoms with van der Waals surface area (Å²) < 4.78 is 4.96. The van der Waals surface area contributed by atoms with E-state index in [4.69, 9.17) is 27.9 Å². The zero-order valence-corrected chi connectivity index (χ0v) is 13.8. The highest BCUT2D eigenvalue weighted by Crippen LogP contribution is 2.20. The van der Waals surface area contributed by atoms with Crippen molar-refractivity contribution >= 4 is 41.0 Å². The van der Waals surface area contributed by atoms with E-state index < -0.39 is 11.8 Å². The number of rotatable bonds is 5. The van der Waals surface area contributed by atoms with Gasteiger partial charge in [-0.1, -0.05) is 35.3 Å². The fourth-order valence-electron chi connectivity index (χ4n) is 1.85. The van der Waals surface area contributed by atoms with E-state index >= 15 is 0 Å². The van der Waals surface area contributed by atoms with E-state index in [0.29, 0.717) is 10.6 Å². The molecule has 0 fully saturated rings. The van der Waals surface area contributed by atoms with Crippen LogP contribution in [0.15, 0.2) is 48.2 Å². The Morgan fingerprint density at radius 1 is 1.17 bits per heavy atom. The van der Waals surface area contributed by atoms with E-state index in [1.54, 1.807) is 37.3 Å². The van der Waals surface area contributed by atoms with Crippen LogP contribution in [0.25, 0.3) is 6.08 Å². The number of ketones is 1. The first-order valence-corrected chi connectivity index (χ1v) is 7.58. The highest BCUT2D eigenvalue weighted by atomic mass is 35.5. The van der Waals surface area contributed by atoms with Crippen LogP contribution in [0.5, 0.6) is 0 Å². The molecular weight excluding hydrogens is 337 g/mol. The number of ether oxygens (including phenoxy) is 1. The van der Waals surface area contributed by atoms with Crippen molar-refractivity contribution in [2.24, 2.45) is 0 Å². The molecule has 0 amide bonds. The Morgan fingerprint density at radius 2 is 1.87 bits per heavy atom.